The number of halogens is 1. The van der Waals surface area contributed by atoms with Crippen LogP contribution in [0.15, 0.2) is 24.3 Å². The SMILES string of the molecule is COC(=O)c1ccc(CC(F)C=O)cc1. The van der Waals surface area contributed by atoms with E-state index in [0.29, 0.717) is 11.1 Å². The molecule has 15 heavy (non-hydrogen) atoms. The third-order valence-electron chi connectivity index (χ3n) is 1.95. The molecule has 1 unspecified atom stereocenters. The smallest absolute Gasteiger partial charge is 0.337 e. The summed E-state index contributed by atoms with van der Waals surface area (Å²) in [6.45, 7) is 0. The van der Waals surface area contributed by atoms with Crippen LogP contribution in [0.4, 0.5) is 4.39 Å². The van der Waals surface area contributed by atoms with Crippen LogP contribution in [0, 0.1) is 0 Å². The Morgan fingerprint density at radius 3 is 2.53 bits per heavy atom. The van der Waals surface area contributed by atoms with Gasteiger partial charge in [0, 0.05) is 6.42 Å². The summed E-state index contributed by atoms with van der Waals surface area (Å²) in [7, 11) is 1.29. The maximum atomic E-state index is 12.7. The molecule has 1 atom stereocenters. The molecular formula is C11H11FO3. The van der Waals surface area contributed by atoms with Crippen LogP contribution >= 0.6 is 0 Å². The van der Waals surface area contributed by atoms with Crippen molar-refractivity contribution < 1.29 is 18.7 Å². The van der Waals surface area contributed by atoms with Crippen LogP contribution in [-0.4, -0.2) is 25.5 Å². The summed E-state index contributed by atoms with van der Waals surface area (Å²) < 4.78 is 17.2. The number of methoxy groups -OCH3 is 1. The number of hydrogen-bond acceptors (Lipinski definition) is 3. The van der Waals surface area contributed by atoms with E-state index in [-0.39, 0.29) is 12.7 Å². The lowest BCUT2D eigenvalue weighted by atomic mass is 10.1. The minimum Gasteiger partial charge on any atom is -0.465 e. The molecule has 0 aliphatic heterocycles. The minimum atomic E-state index is -1.49. The zero-order valence-electron chi connectivity index (χ0n) is 8.27. The van der Waals surface area contributed by atoms with Crippen molar-refractivity contribution in [3.05, 3.63) is 35.4 Å². The molecule has 1 aromatic carbocycles. The summed E-state index contributed by atoms with van der Waals surface area (Å²) in [4.78, 5) is 21.1. The van der Waals surface area contributed by atoms with Gasteiger partial charge in [-0.1, -0.05) is 12.1 Å². The van der Waals surface area contributed by atoms with Crippen molar-refractivity contribution in [2.45, 2.75) is 12.6 Å². The second-order valence-corrected chi connectivity index (χ2v) is 3.04. The molecule has 0 aliphatic carbocycles. The molecule has 4 heteroatoms. The molecule has 0 saturated heterocycles. The number of ether oxygens (including phenoxy) is 1. The fraction of sp³-hybridized carbons (Fsp3) is 0.273. The molecule has 1 aromatic rings. The Bertz CT molecular complexity index is 345. The first-order valence-corrected chi connectivity index (χ1v) is 4.44. The Morgan fingerprint density at radius 2 is 2.07 bits per heavy atom. The average molecular weight is 210 g/mol. The standard InChI is InChI=1S/C11H11FO3/c1-15-11(14)9-4-2-8(3-5-9)6-10(12)7-13/h2-5,7,10H,6H2,1H3. The first kappa shape index (κ1) is 11.4. The normalized spacial score (nSPS) is 11.9. The largest absolute Gasteiger partial charge is 0.465 e. The lowest BCUT2D eigenvalue weighted by Crippen LogP contribution is -2.06. The topological polar surface area (TPSA) is 43.4 Å². The third kappa shape index (κ3) is 3.16. The molecule has 0 fully saturated rings. The van der Waals surface area contributed by atoms with Gasteiger partial charge in [-0.2, -0.15) is 0 Å². The van der Waals surface area contributed by atoms with E-state index in [9.17, 15) is 14.0 Å². The molecule has 0 amide bonds. The fourth-order valence-corrected chi connectivity index (χ4v) is 1.17. The minimum absolute atomic E-state index is 0.0327. The van der Waals surface area contributed by atoms with Crippen LogP contribution in [0.3, 0.4) is 0 Å². The summed E-state index contributed by atoms with van der Waals surface area (Å²) in [6.07, 6.45) is -1.20. The van der Waals surface area contributed by atoms with Gasteiger partial charge in [-0.15, -0.1) is 0 Å². The highest BCUT2D eigenvalue weighted by atomic mass is 19.1. The van der Waals surface area contributed by atoms with Gasteiger partial charge in [0.05, 0.1) is 12.7 Å². The maximum Gasteiger partial charge on any atom is 0.337 e. The van der Waals surface area contributed by atoms with Gasteiger partial charge in [0.1, 0.15) is 0 Å². The second-order valence-electron chi connectivity index (χ2n) is 3.04. The molecule has 3 nitrogen and oxygen atoms in total. The molecule has 0 bridgehead atoms. The predicted molar refractivity (Wildman–Crippen MR) is 52.4 cm³/mol. The number of alkyl halides is 1. The van der Waals surface area contributed by atoms with Crippen LogP contribution in [-0.2, 0) is 16.0 Å². The first-order valence-electron chi connectivity index (χ1n) is 4.44. The molecule has 1 rings (SSSR count). The van der Waals surface area contributed by atoms with Crippen molar-refractivity contribution in [2.75, 3.05) is 7.11 Å². The van der Waals surface area contributed by atoms with E-state index in [0.717, 1.165) is 0 Å². The van der Waals surface area contributed by atoms with Crippen molar-refractivity contribution in [2.24, 2.45) is 0 Å². The van der Waals surface area contributed by atoms with Gasteiger partial charge in [-0.3, -0.25) is 0 Å². The molecule has 0 aromatic heterocycles. The quantitative estimate of drug-likeness (QED) is 0.559. The van der Waals surface area contributed by atoms with Crippen LogP contribution < -0.4 is 0 Å². The third-order valence-corrected chi connectivity index (χ3v) is 1.95. The monoisotopic (exact) mass is 210 g/mol. The molecule has 0 spiro atoms. The molecule has 0 N–H and O–H groups in total. The van der Waals surface area contributed by atoms with Crippen LogP contribution in [0.1, 0.15) is 15.9 Å². The summed E-state index contributed by atoms with van der Waals surface area (Å²) >= 11 is 0. The van der Waals surface area contributed by atoms with Gasteiger partial charge >= 0.3 is 5.97 Å². The number of rotatable bonds is 4. The number of benzene rings is 1. The van der Waals surface area contributed by atoms with E-state index in [1.807, 2.05) is 0 Å². The van der Waals surface area contributed by atoms with Crippen LogP contribution in [0.25, 0.3) is 0 Å². The molecule has 0 heterocycles. The Balaban J connectivity index is 2.72. The number of esters is 1. The molecular weight excluding hydrogens is 199 g/mol. The zero-order chi connectivity index (χ0) is 11.3. The molecule has 0 radical (unpaired) electrons. The van der Waals surface area contributed by atoms with E-state index < -0.39 is 12.1 Å². The molecule has 80 valence electrons. The molecule has 0 aliphatic rings. The Kier molecular flexibility index (Phi) is 3.97. The van der Waals surface area contributed by atoms with Crippen molar-refractivity contribution >= 4 is 12.3 Å². The van der Waals surface area contributed by atoms with Gasteiger partial charge in [0.2, 0.25) is 0 Å². The molecule has 0 saturated carbocycles. The van der Waals surface area contributed by atoms with E-state index in [4.69, 9.17) is 0 Å². The Morgan fingerprint density at radius 1 is 1.47 bits per heavy atom. The lowest BCUT2D eigenvalue weighted by molar-refractivity contribution is -0.111. The van der Waals surface area contributed by atoms with E-state index >= 15 is 0 Å². The second kappa shape index (κ2) is 5.24. The van der Waals surface area contributed by atoms with Gasteiger partial charge in [-0.05, 0) is 17.7 Å². The van der Waals surface area contributed by atoms with Gasteiger partial charge in [0.15, 0.2) is 12.5 Å². The van der Waals surface area contributed by atoms with Crippen LogP contribution in [0.5, 0.6) is 0 Å². The highest BCUT2D eigenvalue weighted by molar-refractivity contribution is 5.89. The summed E-state index contributed by atoms with van der Waals surface area (Å²) in [6, 6.07) is 6.28. The van der Waals surface area contributed by atoms with Gasteiger partial charge in [-0.25, -0.2) is 9.18 Å². The number of hydrogen-bond donors (Lipinski definition) is 0. The maximum absolute atomic E-state index is 12.7. The summed E-state index contributed by atoms with van der Waals surface area (Å²) in [5.74, 6) is -0.436. The van der Waals surface area contributed by atoms with Gasteiger partial charge in [0.25, 0.3) is 0 Å². The van der Waals surface area contributed by atoms with E-state index in [2.05, 4.69) is 4.74 Å². The summed E-state index contributed by atoms with van der Waals surface area (Å²) in [5.41, 5.74) is 1.07. The van der Waals surface area contributed by atoms with Crippen molar-refractivity contribution in [3.63, 3.8) is 0 Å². The lowest BCUT2D eigenvalue weighted by Gasteiger charge is -2.03. The zero-order valence-corrected chi connectivity index (χ0v) is 8.27. The Labute approximate surface area is 86.9 Å². The number of aldehydes is 1. The number of carbonyl (C=O) groups excluding carboxylic acids is 2. The Hall–Kier alpha value is -1.71. The van der Waals surface area contributed by atoms with Gasteiger partial charge < -0.3 is 9.53 Å². The van der Waals surface area contributed by atoms with E-state index in [1.165, 1.54) is 7.11 Å². The van der Waals surface area contributed by atoms with E-state index in [1.54, 1.807) is 24.3 Å². The average Bonchev–Trinajstić information content (AvgIpc) is 2.29. The highest BCUT2D eigenvalue weighted by Crippen LogP contribution is 2.08. The highest BCUT2D eigenvalue weighted by Gasteiger charge is 2.07. The van der Waals surface area contributed by atoms with Crippen molar-refractivity contribution in [3.8, 4) is 0 Å². The van der Waals surface area contributed by atoms with Crippen LogP contribution in [0.2, 0.25) is 0 Å². The predicted octanol–water partition coefficient (Wildman–Crippen LogP) is 1.55. The summed E-state index contributed by atoms with van der Waals surface area (Å²) in [5, 5.41) is 0. The number of carbonyl (C=O) groups is 2. The first-order chi connectivity index (χ1) is 7.17. The van der Waals surface area contributed by atoms with Crippen molar-refractivity contribution in [1.82, 2.24) is 0 Å². The van der Waals surface area contributed by atoms with Crippen molar-refractivity contribution in [1.29, 1.82) is 0 Å². The fourth-order valence-electron chi connectivity index (χ4n) is 1.17.